The van der Waals surface area contributed by atoms with Gasteiger partial charge in [0.1, 0.15) is 23.2 Å². The molecule has 8 rings (SSSR count). The normalized spacial score (nSPS) is 25.9. The van der Waals surface area contributed by atoms with Crippen LogP contribution in [0.3, 0.4) is 0 Å². The lowest BCUT2D eigenvalue weighted by Crippen LogP contribution is -2.61. The van der Waals surface area contributed by atoms with Crippen LogP contribution in [0.25, 0.3) is 33.4 Å². The SMILES string of the molecule is CCO[C@@H]1c2nc(cs2)-c2ccc3c(c2)c(c(-c2cc(N4CCCN(C)CC4)cnc2[C@H](C)OC)n3CC)CC(C)(C)COC(=O)[C@@H]2CCCN(N2)C(=O)[C@H]1NC(=O)[C@H]1C(C(C)C)[C@@H]1C. The molecule has 3 aromatic heterocycles. The summed E-state index contributed by atoms with van der Waals surface area (Å²) in [5, 5.41) is 8.33. The summed E-state index contributed by atoms with van der Waals surface area (Å²) in [4.78, 5) is 58.1. The van der Waals surface area contributed by atoms with E-state index in [0.29, 0.717) is 49.9 Å². The Labute approximate surface area is 388 Å². The molecule has 7 atom stereocenters. The molecule has 2 saturated heterocycles. The predicted octanol–water partition coefficient (Wildman–Crippen LogP) is 7.42. The molecular formula is C50H70N8O6S. The molecule has 0 radical (unpaired) electrons. The van der Waals surface area contributed by atoms with Crippen LogP contribution in [0.5, 0.6) is 0 Å². The summed E-state index contributed by atoms with van der Waals surface area (Å²) >= 11 is 1.42. The Balaban J connectivity index is 1.28. The number of aryl methyl sites for hydroxylation is 1. The monoisotopic (exact) mass is 911 g/mol. The zero-order valence-electron chi connectivity index (χ0n) is 40.1. The van der Waals surface area contributed by atoms with Gasteiger partial charge in [0.15, 0.2) is 0 Å². The second kappa shape index (κ2) is 19.4. The number of nitrogens with zero attached hydrogens (tertiary/aromatic N) is 6. The Morgan fingerprint density at radius 1 is 1.08 bits per heavy atom. The summed E-state index contributed by atoms with van der Waals surface area (Å²) in [5.41, 5.74) is 10.7. The molecule has 1 aromatic carbocycles. The first kappa shape index (κ1) is 47.1. The first-order chi connectivity index (χ1) is 31.1. The van der Waals surface area contributed by atoms with Crippen molar-refractivity contribution >= 4 is 45.7 Å². The van der Waals surface area contributed by atoms with E-state index in [9.17, 15) is 14.4 Å². The van der Waals surface area contributed by atoms with Gasteiger partial charge >= 0.3 is 5.97 Å². The van der Waals surface area contributed by atoms with Crippen molar-refractivity contribution in [1.82, 2.24) is 35.2 Å². The maximum Gasteiger partial charge on any atom is 0.324 e. The fourth-order valence-corrected chi connectivity index (χ4v) is 11.5. The van der Waals surface area contributed by atoms with Crippen LogP contribution in [-0.2, 0) is 41.6 Å². The van der Waals surface area contributed by atoms with E-state index in [1.807, 2.05) is 18.5 Å². The number of likely N-dealkylation sites (N-methyl/N-ethyl adjacent to an activating group) is 1. The number of aromatic nitrogens is 3. The predicted molar refractivity (Wildman–Crippen MR) is 255 cm³/mol. The Hall–Kier alpha value is -4.41. The van der Waals surface area contributed by atoms with E-state index in [4.69, 9.17) is 24.2 Å². The summed E-state index contributed by atoms with van der Waals surface area (Å²) in [6, 6.07) is 7.01. The summed E-state index contributed by atoms with van der Waals surface area (Å²) in [5.74, 6) is -0.371. The number of methoxy groups -OCH3 is 1. The van der Waals surface area contributed by atoms with Crippen molar-refractivity contribution in [1.29, 1.82) is 0 Å². The van der Waals surface area contributed by atoms with Gasteiger partial charge in [-0.3, -0.25) is 24.4 Å². The van der Waals surface area contributed by atoms with Gasteiger partial charge in [0.05, 0.1) is 41.7 Å². The molecule has 2 amide bonds. The topological polar surface area (TPSA) is 143 Å². The third-order valence-electron chi connectivity index (χ3n) is 14.3. The number of amides is 2. The number of pyridine rings is 1. The van der Waals surface area contributed by atoms with E-state index in [1.54, 1.807) is 7.11 Å². The molecule has 65 heavy (non-hydrogen) atoms. The molecular weight excluding hydrogens is 841 g/mol. The molecule has 15 heteroatoms. The van der Waals surface area contributed by atoms with Crippen LogP contribution in [0.2, 0.25) is 0 Å². The number of hydrogen-bond acceptors (Lipinski definition) is 12. The van der Waals surface area contributed by atoms with Gasteiger partial charge in [-0.2, -0.15) is 0 Å². The lowest BCUT2D eigenvalue weighted by molar-refractivity contribution is -0.156. The zero-order valence-corrected chi connectivity index (χ0v) is 40.9. The molecule has 6 bridgehead atoms. The van der Waals surface area contributed by atoms with Gasteiger partial charge in [-0.15, -0.1) is 11.3 Å². The molecule has 0 spiro atoms. The molecule has 3 fully saturated rings. The first-order valence-electron chi connectivity index (χ1n) is 23.9. The van der Waals surface area contributed by atoms with Crippen LogP contribution in [0.4, 0.5) is 5.69 Å². The average molecular weight is 911 g/mol. The van der Waals surface area contributed by atoms with Crippen LogP contribution in [-0.4, -0.2) is 114 Å². The summed E-state index contributed by atoms with van der Waals surface area (Å²) in [6.45, 7) is 22.2. The van der Waals surface area contributed by atoms with Crippen LogP contribution in [0.1, 0.15) is 103 Å². The van der Waals surface area contributed by atoms with Crippen LogP contribution in [0.15, 0.2) is 35.8 Å². The number of benzene rings is 1. The smallest absolute Gasteiger partial charge is 0.324 e. The standard InChI is InChI=1S/C50H70N8O6S/c1-11-57-39-17-16-32-23-34(39)36(44(57)35-24-33(26-51-42(35)31(6)62-10)56-19-14-18-55(9)21-22-56)25-50(7,8)28-64-49(61)37-15-13-20-58(54-37)48(60)43(45(63-12-2)47-52-38(32)27-65-47)53-46(59)41-30(5)40(41)29(3)4/h16-17,23-24,26-27,29-31,37,40-41,43,45,54H,11-15,18-22,25,28H2,1-10H3,(H,53,59)/t30-,31-,37-,40?,41+,43-,45-/m0/s1. The van der Waals surface area contributed by atoms with E-state index in [1.165, 1.54) is 16.3 Å². The highest BCUT2D eigenvalue weighted by atomic mass is 32.1. The molecule has 1 saturated carbocycles. The maximum absolute atomic E-state index is 14.8. The number of fused-ring (bicyclic) bond motifs is 6. The van der Waals surface area contributed by atoms with Crippen molar-refractivity contribution in [3.05, 3.63) is 52.1 Å². The molecule has 4 aliphatic rings. The quantitative estimate of drug-likeness (QED) is 0.154. The van der Waals surface area contributed by atoms with Gasteiger partial charge in [-0.05, 0) is 102 Å². The van der Waals surface area contributed by atoms with Crippen molar-refractivity contribution in [2.24, 2.45) is 29.1 Å². The van der Waals surface area contributed by atoms with E-state index >= 15 is 0 Å². The van der Waals surface area contributed by atoms with Gasteiger partial charge in [-0.25, -0.2) is 10.4 Å². The van der Waals surface area contributed by atoms with Gasteiger partial charge < -0.3 is 33.9 Å². The maximum atomic E-state index is 14.8. The van der Waals surface area contributed by atoms with Crippen molar-refractivity contribution < 1.29 is 28.6 Å². The van der Waals surface area contributed by atoms with E-state index in [-0.39, 0.29) is 42.3 Å². The van der Waals surface area contributed by atoms with Gasteiger partial charge in [0.25, 0.3) is 5.91 Å². The highest BCUT2D eigenvalue weighted by Gasteiger charge is 2.54. The molecule has 6 heterocycles. The summed E-state index contributed by atoms with van der Waals surface area (Å²) in [6.07, 6.45) is 3.62. The number of carbonyl (C=O) groups excluding carboxylic acids is 3. The number of hydrazine groups is 1. The number of anilines is 1. The second-order valence-corrected chi connectivity index (χ2v) is 20.7. The number of cyclic esters (lactones) is 1. The number of ether oxygens (including phenoxy) is 3. The third-order valence-corrected chi connectivity index (χ3v) is 15.2. The molecule has 1 aliphatic carbocycles. The Morgan fingerprint density at radius 3 is 2.60 bits per heavy atom. The molecule has 14 nitrogen and oxygen atoms in total. The Bertz CT molecular complexity index is 2380. The highest BCUT2D eigenvalue weighted by molar-refractivity contribution is 7.10. The van der Waals surface area contributed by atoms with Crippen LogP contribution in [0, 0.1) is 29.1 Å². The Kier molecular flexibility index (Phi) is 14.1. The molecule has 2 N–H and O–H groups in total. The van der Waals surface area contributed by atoms with E-state index < -0.39 is 29.6 Å². The lowest BCUT2D eigenvalue weighted by atomic mass is 9.84. The number of esters is 1. The third kappa shape index (κ3) is 9.59. The molecule has 352 valence electrons. The van der Waals surface area contributed by atoms with E-state index in [2.05, 4.69) is 105 Å². The minimum absolute atomic E-state index is 0.161. The first-order valence-corrected chi connectivity index (χ1v) is 24.8. The van der Waals surface area contributed by atoms with Gasteiger partial charge in [-0.1, -0.05) is 40.7 Å². The summed E-state index contributed by atoms with van der Waals surface area (Å²) in [7, 11) is 3.91. The Morgan fingerprint density at radius 2 is 1.88 bits per heavy atom. The van der Waals surface area contributed by atoms with Crippen molar-refractivity contribution in [2.45, 2.75) is 112 Å². The number of nitrogens with one attached hydrogen (secondary N) is 2. The fourth-order valence-electron chi connectivity index (χ4n) is 10.6. The summed E-state index contributed by atoms with van der Waals surface area (Å²) < 4.78 is 21.0. The van der Waals surface area contributed by atoms with Gasteiger partial charge in [0.2, 0.25) is 5.91 Å². The van der Waals surface area contributed by atoms with E-state index in [0.717, 1.165) is 83.0 Å². The van der Waals surface area contributed by atoms with Crippen molar-refractivity contribution in [3.63, 3.8) is 0 Å². The van der Waals surface area contributed by atoms with Crippen LogP contribution >= 0.6 is 11.3 Å². The average Bonchev–Trinajstić information content (AvgIpc) is 3.69. The number of carbonyl (C=O) groups is 3. The van der Waals surface area contributed by atoms with Crippen LogP contribution < -0.4 is 15.6 Å². The largest absolute Gasteiger partial charge is 0.464 e. The molecule has 1 unspecified atom stereocenters. The highest BCUT2D eigenvalue weighted by Crippen LogP contribution is 2.51. The fraction of sp³-hybridized carbons (Fsp3) is 0.620. The second-order valence-electron chi connectivity index (χ2n) is 19.9. The lowest BCUT2D eigenvalue weighted by Gasteiger charge is -2.37. The molecule has 4 aromatic rings. The molecule has 3 aliphatic heterocycles. The number of hydrogen-bond donors (Lipinski definition) is 2. The van der Waals surface area contributed by atoms with Crippen molar-refractivity contribution in [3.8, 4) is 22.5 Å². The number of thiazole rings is 1. The zero-order chi connectivity index (χ0) is 46.3. The number of rotatable bonds is 10. The van der Waals surface area contributed by atoms with Gasteiger partial charge in [0, 0.05) is 85.2 Å². The minimum atomic E-state index is -1.08. The van der Waals surface area contributed by atoms with Crippen molar-refractivity contribution in [2.75, 3.05) is 65.0 Å². The minimum Gasteiger partial charge on any atom is -0.464 e.